The number of pyridine rings is 1. The lowest BCUT2D eigenvalue weighted by Crippen LogP contribution is -2.11. The van der Waals surface area contributed by atoms with E-state index in [9.17, 15) is 4.79 Å². The molecule has 0 radical (unpaired) electrons. The number of hydrogen-bond acceptors (Lipinski definition) is 2. The highest BCUT2D eigenvalue weighted by molar-refractivity contribution is 6.05. The van der Waals surface area contributed by atoms with Crippen LogP contribution in [-0.2, 0) is 0 Å². The minimum atomic E-state index is -0.203. The van der Waals surface area contributed by atoms with Crippen molar-refractivity contribution in [3.8, 4) is 33.4 Å². The number of hydrogen-bond donors (Lipinski definition) is 0. The van der Waals surface area contributed by atoms with Crippen molar-refractivity contribution < 1.29 is 0 Å². The summed E-state index contributed by atoms with van der Waals surface area (Å²) in [5.74, 6) is 0. The molecule has 0 saturated heterocycles. The quantitative estimate of drug-likeness (QED) is 0.243. The van der Waals surface area contributed by atoms with Crippen LogP contribution in [0.5, 0.6) is 0 Å². The van der Waals surface area contributed by atoms with Gasteiger partial charge in [-0.05, 0) is 63.5 Å². The highest BCUT2D eigenvalue weighted by atomic mass is 16.1. The number of aromatic nitrogens is 2. The monoisotopic (exact) mass is 474 g/mol. The van der Waals surface area contributed by atoms with Gasteiger partial charge in [0, 0.05) is 17.1 Å². The standard InChI is InChI=1S/C34H22N2O/c37-34-30-17-9-10-18-32(30)36-22-31(28-15-7-8-16-29(28)33(36)35-34)27-20-25(23-11-3-1-4-12-23)19-26(21-27)24-13-5-2-6-14-24/h1-22H. The largest absolute Gasteiger partial charge is 0.300 e. The average Bonchev–Trinajstić information content (AvgIpc) is 2.98. The van der Waals surface area contributed by atoms with Crippen LogP contribution < -0.4 is 5.56 Å². The summed E-state index contributed by atoms with van der Waals surface area (Å²) in [6.45, 7) is 0. The third-order valence-electron chi connectivity index (χ3n) is 7.00. The first kappa shape index (κ1) is 21.3. The van der Waals surface area contributed by atoms with Gasteiger partial charge in [-0.3, -0.25) is 9.20 Å². The number of benzene rings is 5. The Hall–Kier alpha value is -5.02. The molecule has 7 aromatic rings. The Kier molecular flexibility index (Phi) is 4.93. The Labute approximate surface area is 213 Å². The SMILES string of the molecule is O=c1nc2c3ccccc3c(-c3cc(-c4ccccc4)cc(-c4ccccc4)c3)cn2c2ccccc12. The molecule has 0 aliphatic carbocycles. The van der Waals surface area contributed by atoms with Crippen LogP contribution >= 0.6 is 0 Å². The van der Waals surface area contributed by atoms with Crippen molar-refractivity contribution in [1.29, 1.82) is 0 Å². The number of rotatable bonds is 3. The van der Waals surface area contributed by atoms with E-state index in [0.717, 1.165) is 38.5 Å². The molecule has 3 heteroatoms. The lowest BCUT2D eigenvalue weighted by atomic mass is 9.92. The van der Waals surface area contributed by atoms with Gasteiger partial charge < -0.3 is 0 Å². The first-order valence-electron chi connectivity index (χ1n) is 12.4. The van der Waals surface area contributed by atoms with Crippen LogP contribution in [0.15, 0.2) is 138 Å². The van der Waals surface area contributed by atoms with E-state index in [-0.39, 0.29) is 5.56 Å². The molecular formula is C34H22N2O. The lowest BCUT2D eigenvalue weighted by molar-refractivity contribution is 1.15. The maximum absolute atomic E-state index is 12.9. The molecule has 2 aromatic heterocycles. The molecular weight excluding hydrogens is 452 g/mol. The van der Waals surface area contributed by atoms with Crippen LogP contribution in [0.2, 0.25) is 0 Å². The second-order valence-electron chi connectivity index (χ2n) is 9.25. The van der Waals surface area contributed by atoms with Gasteiger partial charge in [-0.25, -0.2) is 0 Å². The molecule has 0 aliphatic heterocycles. The molecule has 7 rings (SSSR count). The zero-order valence-electron chi connectivity index (χ0n) is 20.0. The molecule has 2 heterocycles. The minimum absolute atomic E-state index is 0.203. The predicted molar refractivity (Wildman–Crippen MR) is 153 cm³/mol. The third kappa shape index (κ3) is 3.60. The van der Waals surface area contributed by atoms with Gasteiger partial charge in [0.15, 0.2) is 0 Å². The van der Waals surface area contributed by atoms with E-state index < -0.39 is 0 Å². The van der Waals surface area contributed by atoms with Crippen molar-refractivity contribution in [2.24, 2.45) is 0 Å². The minimum Gasteiger partial charge on any atom is -0.300 e. The number of fused-ring (bicyclic) bond motifs is 5. The molecule has 3 nitrogen and oxygen atoms in total. The van der Waals surface area contributed by atoms with E-state index >= 15 is 0 Å². The van der Waals surface area contributed by atoms with Crippen molar-refractivity contribution in [2.45, 2.75) is 0 Å². The van der Waals surface area contributed by atoms with E-state index in [1.54, 1.807) is 0 Å². The molecule has 0 spiro atoms. The number of para-hydroxylation sites is 1. The van der Waals surface area contributed by atoms with Crippen LogP contribution in [0.25, 0.3) is 60.7 Å². The van der Waals surface area contributed by atoms with E-state index in [1.807, 2.05) is 48.5 Å². The van der Waals surface area contributed by atoms with Crippen LogP contribution in [0.4, 0.5) is 0 Å². The second-order valence-corrected chi connectivity index (χ2v) is 9.25. The fourth-order valence-electron chi connectivity index (χ4n) is 5.23. The van der Waals surface area contributed by atoms with Gasteiger partial charge >= 0.3 is 0 Å². The van der Waals surface area contributed by atoms with Gasteiger partial charge in [-0.2, -0.15) is 4.98 Å². The van der Waals surface area contributed by atoms with Crippen LogP contribution in [0.1, 0.15) is 0 Å². The highest BCUT2D eigenvalue weighted by Gasteiger charge is 2.15. The van der Waals surface area contributed by atoms with E-state index in [4.69, 9.17) is 0 Å². The van der Waals surface area contributed by atoms with E-state index in [2.05, 4.69) is 94.4 Å². The van der Waals surface area contributed by atoms with Gasteiger partial charge in [-0.1, -0.05) is 97.1 Å². The second kappa shape index (κ2) is 8.58. The predicted octanol–water partition coefficient (Wildman–Crippen LogP) is 8.00. The molecule has 0 amide bonds. The summed E-state index contributed by atoms with van der Waals surface area (Å²) in [5.41, 5.74) is 8.18. The van der Waals surface area contributed by atoms with Crippen LogP contribution in [0, 0.1) is 0 Å². The van der Waals surface area contributed by atoms with Gasteiger partial charge in [0.05, 0.1) is 10.9 Å². The molecule has 0 unspecified atom stereocenters. The molecule has 5 aromatic carbocycles. The summed E-state index contributed by atoms with van der Waals surface area (Å²) < 4.78 is 2.06. The smallest absolute Gasteiger partial charge is 0.281 e. The van der Waals surface area contributed by atoms with Crippen LogP contribution in [0.3, 0.4) is 0 Å². The first-order valence-corrected chi connectivity index (χ1v) is 12.4. The summed E-state index contributed by atoms with van der Waals surface area (Å²) in [6.07, 6.45) is 2.13. The maximum atomic E-state index is 12.9. The van der Waals surface area contributed by atoms with Gasteiger partial charge in [0.25, 0.3) is 5.56 Å². The van der Waals surface area contributed by atoms with Crippen molar-refractivity contribution in [3.05, 3.63) is 144 Å². The molecule has 0 aliphatic rings. The van der Waals surface area contributed by atoms with Crippen molar-refractivity contribution >= 4 is 27.3 Å². The third-order valence-corrected chi connectivity index (χ3v) is 7.00. The Morgan fingerprint density at radius 2 is 1.00 bits per heavy atom. The fraction of sp³-hybridized carbons (Fsp3) is 0. The van der Waals surface area contributed by atoms with Gasteiger partial charge in [0.1, 0.15) is 5.65 Å². The summed E-state index contributed by atoms with van der Waals surface area (Å²) in [4.78, 5) is 17.4. The fourth-order valence-corrected chi connectivity index (χ4v) is 5.23. The molecule has 174 valence electrons. The first-order chi connectivity index (χ1) is 18.3. The maximum Gasteiger partial charge on any atom is 0.281 e. The Balaban J connectivity index is 1.60. The zero-order valence-corrected chi connectivity index (χ0v) is 20.0. The summed E-state index contributed by atoms with van der Waals surface area (Å²) in [5, 5.41) is 2.63. The molecule has 0 N–H and O–H groups in total. The zero-order chi connectivity index (χ0) is 24.8. The van der Waals surface area contributed by atoms with Crippen molar-refractivity contribution in [3.63, 3.8) is 0 Å². The molecule has 0 bridgehead atoms. The van der Waals surface area contributed by atoms with Crippen molar-refractivity contribution in [1.82, 2.24) is 9.38 Å². The Morgan fingerprint density at radius 1 is 0.486 bits per heavy atom. The average molecular weight is 475 g/mol. The van der Waals surface area contributed by atoms with Gasteiger partial charge in [0.2, 0.25) is 0 Å². The van der Waals surface area contributed by atoms with E-state index in [1.165, 1.54) is 11.1 Å². The topological polar surface area (TPSA) is 34.4 Å². The normalized spacial score (nSPS) is 11.4. The molecule has 0 atom stereocenters. The summed E-state index contributed by atoms with van der Waals surface area (Å²) in [7, 11) is 0. The molecule has 0 saturated carbocycles. The summed E-state index contributed by atoms with van der Waals surface area (Å²) in [6, 6.07) is 43.6. The van der Waals surface area contributed by atoms with Crippen LogP contribution in [-0.4, -0.2) is 9.38 Å². The summed E-state index contributed by atoms with van der Waals surface area (Å²) >= 11 is 0. The van der Waals surface area contributed by atoms with E-state index in [0.29, 0.717) is 11.0 Å². The van der Waals surface area contributed by atoms with Crippen molar-refractivity contribution in [2.75, 3.05) is 0 Å². The lowest BCUT2D eigenvalue weighted by Gasteiger charge is -2.16. The molecule has 0 fully saturated rings. The Morgan fingerprint density at radius 3 is 1.65 bits per heavy atom. The number of nitrogens with zero attached hydrogens (tertiary/aromatic N) is 2. The highest BCUT2D eigenvalue weighted by Crippen LogP contribution is 2.37. The molecule has 37 heavy (non-hydrogen) atoms. The Bertz CT molecular complexity index is 1930. The van der Waals surface area contributed by atoms with Gasteiger partial charge in [-0.15, -0.1) is 0 Å².